The third kappa shape index (κ3) is 1.43. The molecular formula is C15H20O2. The molecule has 17 heavy (non-hydrogen) atoms. The summed E-state index contributed by atoms with van der Waals surface area (Å²) in [5.41, 5.74) is 1.54. The van der Waals surface area contributed by atoms with Crippen molar-refractivity contribution in [3.05, 3.63) is 35.4 Å². The van der Waals surface area contributed by atoms with Crippen molar-refractivity contribution in [2.24, 2.45) is 5.41 Å². The molecule has 0 saturated carbocycles. The van der Waals surface area contributed by atoms with Gasteiger partial charge in [-0.3, -0.25) is 4.79 Å². The van der Waals surface area contributed by atoms with Crippen molar-refractivity contribution in [1.82, 2.24) is 0 Å². The third-order valence-corrected chi connectivity index (χ3v) is 4.33. The first-order valence-electron chi connectivity index (χ1n) is 6.31. The van der Waals surface area contributed by atoms with Gasteiger partial charge in [0.15, 0.2) is 5.60 Å². The third-order valence-electron chi connectivity index (χ3n) is 4.33. The predicted octanol–water partition coefficient (Wildman–Crippen LogP) is 3.57. The quantitative estimate of drug-likeness (QED) is 0.745. The molecular weight excluding hydrogens is 212 g/mol. The van der Waals surface area contributed by atoms with E-state index >= 15 is 0 Å². The number of ether oxygens (including phenoxy) is 1. The second-order valence-electron chi connectivity index (χ2n) is 5.12. The molecule has 0 aromatic heterocycles. The van der Waals surface area contributed by atoms with Crippen molar-refractivity contribution in [2.45, 2.75) is 46.1 Å². The van der Waals surface area contributed by atoms with Crippen LogP contribution < -0.4 is 0 Å². The van der Waals surface area contributed by atoms with Crippen LogP contribution in [0.3, 0.4) is 0 Å². The first-order valence-corrected chi connectivity index (χ1v) is 6.31. The smallest absolute Gasteiger partial charge is 0.317 e. The van der Waals surface area contributed by atoms with E-state index < -0.39 is 5.60 Å². The summed E-state index contributed by atoms with van der Waals surface area (Å²) in [7, 11) is 0. The molecule has 0 amide bonds. The van der Waals surface area contributed by atoms with E-state index in [4.69, 9.17) is 4.74 Å². The second kappa shape index (κ2) is 3.86. The molecule has 1 aliphatic rings. The Hall–Kier alpha value is -1.31. The lowest BCUT2D eigenvalue weighted by Crippen LogP contribution is -2.62. The van der Waals surface area contributed by atoms with Crippen LogP contribution in [0.5, 0.6) is 0 Å². The Morgan fingerprint density at radius 1 is 1.12 bits per heavy atom. The van der Waals surface area contributed by atoms with E-state index in [9.17, 15) is 4.79 Å². The lowest BCUT2D eigenvalue weighted by atomic mass is 9.62. The SMILES string of the molecule is CCC1(C)C(=O)OC1(CC)c1ccc(C)cc1. The molecule has 0 bridgehead atoms. The molecule has 1 aromatic carbocycles. The molecule has 92 valence electrons. The summed E-state index contributed by atoms with van der Waals surface area (Å²) >= 11 is 0. The Labute approximate surface area is 103 Å². The highest BCUT2D eigenvalue weighted by Crippen LogP contribution is 2.56. The van der Waals surface area contributed by atoms with E-state index in [-0.39, 0.29) is 11.4 Å². The van der Waals surface area contributed by atoms with Gasteiger partial charge in [0.1, 0.15) is 5.41 Å². The van der Waals surface area contributed by atoms with Crippen molar-refractivity contribution < 1.29 is 9.53 Å². The summed E-state index contributed by atoms with van der Waals surface area (Å²) in [6.45, 7) is 8.22. The molecule has 2 heteroatoms. The van der Waals surface area contributed by atoms with E-state index in [0.29, 0.717) is 0 Å². The van der Waals surface area contributed by atoms with Crippen molar-refractivity contribution >= 4 is 5.97 Å². The van der Waals surface area contributed by atoms with Gasteiger partial charge in [0, 0.05) is 0 Å². The van der Waals surface area contributed by atoms with Gasteiger partial charge in [-0.05, 0) is 32.3 Å². The normalized spacial score (nSPS) is 31.9. The summed E-state index contributed by atoms with van der Waals surface area (Å²) in [4.78, 5) is 11.8. The summed E-state index contributed by atoms with van der Waals surface area (Å²) < 4.78 is 5.57. The molecule has 0 radical (unpaired) electrons. The van der Waals surface area contributed by atoms with Crippen LogP contribution >= 0.6 is 0 Å². The van der Waals surface area contributed by atoms with E-state index in [1.54, 1.807) is 0 Å². The van der Waals surface area contributed by atoms with E-state index in [1.165, 1.54) is 5.56 Å². The standard InChI is InChI=1S/C15H20O2/c1-5-14(4)13(16)17-15(14,6-2)12-9-7-11(3)8-10-12/h7-10H,5-6H2,1-4H3. The average Bonchev–Trinajstić information content (AvgIpc) is 2.35. The van der Waals surface area contributed by atoms with Gasteiger partial charge in [-0.25, -0.2) is 0 Å². The predicted molar refractivity (Wildman–Crippen MR) is 67.6 cm³/mol. The fourth-order valence-electron chi connectivity index (χ4n) is 2.80. The molecule has 0 aliphatic carbocycles. The van der Waals surface area contributed by atoms with E-state index in [2.05, 4.69) is 45.0 Å². The largest absolute Gasteiger partial charge is 0.452 e. The molecule has 2 rings (SSSR count). The maximum Gasteiger partial charge on any atom is 0.317 e. The maximum atomic E-state index is 11.8. The minimum absolute atomic E-state index is 0.0672. The second-order valence-corrected chi connectivity index (χ2v) is 5.12. The number of carbonyl (C=O) groups excluding carboxylic acids is 1. The van der Waals surface area contributed by atoms with Crippen LogP contribution in [0, 0.1) is 12.3 Å². The minimum atomic E-state index is -0.424. The summed E-state index contributed by atoms with van der Waals surface area (Å²) in [6.07, 6.45) is 1.64. The van der Waals surface area contributed by atoms with Crippen LogP contribution in [0.2, 0.25) is 0 Å². The van der Waals surface area contributed by atoms with Crippen LogP contribution in [0.15, 0.2) is 24.3 Å². The van der Waals surface area contributed by atoms with Gasteiger partial charge in [-0.15, -0.1) is 0 Å². The van der Waals surface area contributed by atoms with Crippen LogP contribution in [0.25, 0.3) is 0 Å². The summed E-state index contributed by atoms with van der Waals surface area (Å²) in [6, 6.07) is 8.32. The Morgan fingerprint density at radius 3 is 2.12 bits per heavy atom. The number of rotatable bonds is 3. The topological polar surface area (TPSA) is 26.3 Å². The highest BCUT2D eigenvalue weighted by Gasteiger charge is 2.64. The van der Waals surface area contributed by atoms with Gasteiger partial charge < -0.3 is 4.74 Å². The molecule has 1 aliphatic heterocycles. The molecule has 0 N–H and O–H groups in total. The van der Waals surface area contributed by atoms with Crippen LogP contribution in [-0.2, 0) is 15.1 Å². The number of hydrogen-bond donors (Lipinski definition) is 0. The van der Waals surface area contributed by atoms with Crippen molar-refractivity contribution in [3.8, 4) is 0 Å². The number of cyclic esters (lactones) is 1. The molecule has 2 nitrogen and oxygen atoms in total. The minimum Gasteiger partial charge on any atom is -0.452 e. The maximum absolute atomic E-state index is 11.8. The lowest BCUT2D eigenvalue weighted by molar-refractivity contribution is -0.247. The van der Waals surface area contributed by atoms with Crippen molar-refractivity contribution in [2.75, 3.05) is 0 Å². The van der Waals surface area contributed by atoms with Gasteiger partial charge in [0.25, 0.3) is 0 Å². The van der Waals surface area contributed by atoms with Gasteiger partial charge in [-0.1, -0.05) is 43.7 Å². The van der Waals surface area contributed by atoms with E-state index in [1.807, 2.05) is 6.92 Å². The Balaban J connectivity index is 2.46. The number of hydrogen-bond acceptors (Lipinski definition) is 2. The first-order chi connectivity index (χ1) is 8.00. The van der Waals surface area contributed by atoms with Crippen LogP contribution in [0.1, 0.15) is 44.7 Å². The molecule has 2 atom stereocenters. The van der Waals surface area contributed by atoms with Gasteiger partial charge in [0.05, 0.1) is 0 Å². The Bertz CT molecular complexity index is 435. The van der Waals surface area contributed by atoms with Gasteiger partial charge >= 0.3 is 5.97 Å². The lowest BCUT2D eigenvalue weighted by Gasteiger charge is -2.55. The molecule has 0 spiro atoms. The average molecular weight is 232 g/mol. The van der Waals surface area contributed by atoms with Gasteiger partial charge in [-0.2, -0.15) is 0 Å². The molecule has 1 fully saturated rings. The van der Waals surface area contributed by atoms with Crippen molar-refractivity contribution in [1.29, 1.82) is 0 Å². The van der Waals surface area contributed by atoms with Crippen LogP contribution in [0.4, 0.5) is 0 Å². The molecule has 1 heterocycles. The van der Waals surface area contributed by atoms with Crippen LogP contribution in [-0.4, -0.2) is 5.97 Å². The highest BCUT2D eigenvalue weighted by molar-refractivity contribution is 5.85. The zero-order valence-electron chi connectivity index (χ0n) is 11.0. The van der Waals surface area contributed by atoms with Gasteiger partial charge in [0.2, 0.25) is 0 Å². The fraction of sp³-hybridized carbons (Fsp3) is 0.533. The number of esters is 1. The molecule has 1 saturated heterocycles. The zero-order chi connectivity index (χ0) is 12.7. The summed E-state index contributed by atoms with van der Waals surface area (Å²) in [5.74, 6) is -0.0672. The number of aryl methyl sites for hydroxylation is 1. The highest BCUT2D eigenvalue weighted by atomic mass is 16.6. The monoisotopic (exact) mass is 232 g/mol. The molecule has 2 unspecified atom stereocenters. The van der Waals surface area contributed by atoms with E-state index in [0.717, 1.165) is 18.4 Å². The molecule has 1 aromatic rings. The number of carbonyl (C=O) groups is 1. The fourth-order valence-corrected chi connectivity index (χ4v) is 2.80. The zero-order valence-corrected chi connectivity index (χ0v) is 11.0. The first kappa shape index (κ1) is 12.2. The Kier molecular flexibility index (Phi) is 2.76. The number of benzene rings is 1. The summed E-state index contributed by atoms with van der Waals surface area (Å²) in [5, 5.41) is 0. The van der Waals surface area contributed by atoms with Crippen molar-refractivity contribution in [3.63, 3.8) is 0 Å². The Morgan fingerprint density at radius 2 is 1.71 bits per heavy atom.